The summed E-state index contributed by atoms with van der Waals surface area (Å²) in [7, 11) is 0. The van der Waals surface area contributed by atoms with Crippen molar-refractivity contribution in [2.24, 2.45) is 23.7 Å². The maximum absolute atomic E-state index is 9.39. The van der Waals surface area contributed by atoms with Gasteiger partial charge >= 0.3 is 0 Å². The summed E-state index contributed by atoms with van der Waals surface area (Å²) in [6.45, 7) is 3.58. The molecule has 3 aliphatic rings. The van der Waals surface area contributed by atoms with E-state index in [0.717, 1.165) is 36.7 Å². The summed E-state index contributed by atoms with van der Waals surface area (Å²) in [6, 6.07) is 14.5. The van der Waals surface area contributed by atoms with E-state index < -0.39 is 0 Å². The predicted molar refractivity (Wildman–Crippen MR) is 161 cm³/mol. The van der Waals surface area contributed by atoms with E-state index in [4.69, 9.17) is 4.74 Å². The Kier molecular flexibility index (Phi) is 10.6. The van der Waals surface area contributed by atoms with E-state index in [1.54, 1.807) is 5.56 Å². The average Bonchev–Trinajstić information content (AvgIpc) is 3.78. The molecular weight excluding hydrogens is 464 g/mol. The van der Waals surface area contributed by atoms with Gasteiger partial charge in [0.2, 0.25) is 0 Å². The summed E-state index contributed by atoms with van der Waals surface area (Å²) in [4.78, 5) is 0. The molecule has 1 saturated heterocycles. The number of aliphatic hydroxyl groups is 1. The third-order valence-corrected chi connectivity index (χ3v) is 10.6. The van der Waals surface area contributed by atoms with Crippen LogP contribution in [0.5, 0.6) is 0 Å². The van der Waals surface area contributed by atoms with E-state index in [1.165, 1.54) is 119 Å². The normalized spacial score (nSPS) is 28.4. The lowest BCUT2D eigenvalue weighted by molar-refractivity contribution is 0.154. The zero-order valence-corrected chi connectivity index (χ0v) is 24.2. The van der Waals surface area contributed by atoms with Gasteiger partial charge < -0.3 is 9.84 Å². The van der Waals surface area contributed by atoms with E-state index >= 15 is 0 Å². The number of hydrogen-bond acceptors (Lipinski definition) is 2. The Morgan fingerprint density at radius 3 is 2.24 bits per heavy atom. The number of aryl methyl sites for hydroxylation is 1. The SMILES string of the molecule is CCCCCc1ccc2cc(C3CCC(C4CCC(CCCC(CCO)CC5CO5)CC4)CC3)ccc2c1. The lowest BCUT2D eigenvalue weighted by atomic mass is 9.68. The Hall–Kier alpha value is -1.38. The fourth-order valence-electron chi connectivity index (χ4n) is 8.01. The molecule has 2 unspecified atom stereocenters. The monoisotopic (exact) mass is 518 g/mol. The Morgan fingerprint density at radius 2 is 1.53 bits per heavy atom. The van der Waals surface area contributed by atoms with Crippen molar-refractivity contribution in [3.63, 3.8) is 0 Å². The summed E-state index contributed by atoms with van der Waals surface area (Å²) < 4.78 is 5.44. The van der Waals surface area contributed by atoms with Crippen LogP contribution < -0.4 is 0 Å². The van der Waals surface area contributed by atoms with Crippen LogP contribution >= 0.6 is 0 Å². The van der Waals surface area contributed by atoms with E-state index in [2.05, 4.69) is 43.3 Å². The topological polar surface area (TPSA) is 32.8 Å². The third-order valence-electron chi connectivity index (χ3n) is 10.6. The molecule has 2 aromatic carbocycles. The highest BCUT2D eigenvalue weighted by atomic mass is 16.6. The second kappa shape index (κ2) is 14.3. The van der Waals surface area contributed by atoms with Gasteiger partial charge in [-0.05, 0) is 116 Å². The van der Waals surface area contributed by atoms with E-state index in [0.29, 0.717) is 18.6 Å². The molecule has 2 aliphatic carbocycles. The standard InChI is InChI=1S/C36H54O2/c1-2-3-4-6-28-11-14-35-25-34(20-19-33(35)23-28)32-17-15-31(16-18-32)30-12-9-27(10-13-30)7-5-8-29(21-22-37)24-36-26-38-36/h11,14,19-20,23,25,27,29-32,36-37H,2-10,12-13,15-18,21-22,24,26H2,1H3. The second-order valence-corrected chi connectivity index (χ2v) is 13.3. The summed E-state index contributed by atoms with van der Waals surface area (Å²) in [5.41, 5.74) is 3.09. The van der Waals surface area contributed by atoms with Crippen molar-refractivity contribution in [2.75, 3.05) is 13.2 Å². The molecule has 0 spiro atoms. The van der Waals surface area contributed by atoms with E-state index in [1.807, 2.05) is 0 Å². The minimum atomic E-state index is 0.339. The minimum Gasteiger partial charge on any atom is -0.396 e. The van der Waals surface area contributed by atoms with E-state index in [9.17, 15) is 5.11 Å². The number of benzene rings is 2. The Morgan fingerprint density at radius 1 is 0.816 bits per heavy atom. The van der Waals surface area contributed by atoms with Crippen LogP contribution in [0.4, 0.5) is 0 Å². The van der Waals surface area contributed by atoms with Gasteiger partial charge in [0.25, 0.3) is 0 Å². The molecule has 0 bridgehead atoms. The molecule has 0 radical (unpaired) electrons. The highest BCUT2D eigenvalue weighted by molar-refractivity contribution is 5.84. The van der Waals surface area contributed by atoms with Gasteiger partial charge in [-0.1, -0.05) is 88.3 Å². The second-order valence-electron chi connectivity index (χ2n) is 13.3. The number of hydrogen-bond donors (Lipinski definition) is 1. The summed E-state index contributed by atoms with van der Waals surface area (Å²) in [5.74, 6) is 4.37. The maximum Gasteiger partial charge on any atom is 0.0812 e. The number of unbranched alkanes of at least 4 members (excludes halogenated alkanes) is 2. The Labute approximate surface area is 232 Å². The van der Waals surface area contributed by atoms with Crippen molar-refractivity contribution in [3.05, 3.63) is 47.5 Å². The number of epoxide rings is 1. The summed E-state index contributed by atoms with van der Waals surface area (Å²) >= 11 is 0. The van der Waals surface area contributed by atoms with Crippen molar-refractivity contribution >= 4 is 10.8 Å². The third kappa shape index (κ3) is 8.07. The molecule has 38 heavy (non-hydrogen) atoms. The Balaban J connectivity index is 1.02. The molecule has 0 aromatic heterocycles. The highest BCUT2D eigenvalue weighted by Crippen LogP contribution is 2.45. The fourth-order valence-corrected chi connectivity index (χ4v) is 8.01. The lowest BCUT2D eigenvalue weighted by Gasteiger charge is -2.38. The van der Waals surface area contributed by atoms with Crippen molar-refractivity contribution in [2.45, 2.75) is 128 Å². The first-order chi connectivity index (χ1) is 18.7. The van der Waals surface area contributed by atoms with Crippen molar-refractivity contribution in [3.8, 4) is 0 Å². The lowest BCUT2D eigenvalue weighted by Crippen LogP contribution is -2.25. The molecule has 3 fully saturated rings. The molecule has 1 aliphatic heterocycles. The van der Waals surface area contributed by atoms with Gasteiger partial charge in [-0.2, -0.15) is 0 Å². The first-order valence-corrected chi connectivity index (χ1v) is 16.5. The molecular formula is C36H54O2. The number of fused-ring (bicyclic) bond motifs is 1. The van der Waals surface area contributed by atoms with Crippen LogP contribution in [0, 0.1) is 23.7 Å². The van der Waals surface area contributed by atoms with Gasteiger partial charge in [-0.25, -0.2) is 0 Å². The largest absolute Gasteiger partial charge is 0.396 e. The van der Waals surface area contributed by atoms with Crippen LogP contribution in [0.2, 0.25) is 0 Å². The van der Waals surface area contributed by atoms with Gasteiger partial charge in [-0.15, -0.1) is 0 Å². The van der Waals surface area contributed by atoms with Crippen molar-refractivity contribution < 1.29 is 9.84 Å². The quantitative estimate of drug-likeness (QED) is 0.199. The van der Waals surface area contributed by atoms with Gasteiger partial charge in [0.05, 0.1) is 12.7 Å². The first-order valence-electron chi connectivity index (χ1n) is 16.5. The summed E-state index contributed by atoms with van der Waals surface area (Å²) in [6.07, 6.45) is 23.4. The minimum absolute atomic E-state index is 0.339. The maximum atomic E-state index is 9.39. The molecule has 1 heterocycles. The van der Waals surface area contributed by atoms with Gasteiger partial charge in [0, 0.05) is 6.61 Å². The van der Waals surface area contributed by atoms with Crippen LogP contribution in [0.15, 0.2) is 36.4 Å². The Bertz CT molecular complexity index is 962. The molecule has 2 atom stereocenters. The molecule has 2 heteroatoms. The molecule has 1 N–H and O–H groups in total. The predicted octanol–water partition coefficient (Wildman–Crippen LogP) is 9.61. The summed E-state index contributed by atoms with van der Waals surface area (Å²) in [5, 5.41) is 12.3. The molecule has 0 amide bonds. The van der Waals surface area contributed by atoms with Crippen molar-refractivity contribution in [1.82, 2.24) is 0 Å². The van der Waals surface area contributed by atoms with Gasteiger partial charge in [0.15, 0.2) is 0 Å². The molecule has 2 saturated carbocycles. The van der Waals surface area contributed by atoms with Gasteiger partial charge in [0.1, 0.15) is 0 Å². The number of ether oxygens (including phenoxy) is 1. The van der Waals surface area contributed by atoms with Crippen LogP contribution in [0.25, 0.3) is 10.8 Å². The number of aliphatic hydroxyl groups excluding tert-OH is 1. The molecule has 210 valence electrons. The fraction of sp³-hybridized carbons (Fsp3) is 0.722. The van der Waals surface area contributed by atoms with Crippen molar-refractivity contribution in [1.29, 1.82) is 0 Å². The smallest absolute Gasteiger partial charge is 0.0812 e. The number of rotatable bonds is 14. The van der Waals surface area contributed by atoms with E-state index in [-0.39, 0.29) is 0 Å². The average molecular weight is 519 g/mol. The van der Waals surface area contributed by atoms with Crippen LogP contribution in [-0.4, -0.2) is 24.4 Å². The van der Waals surface area contributed by atoms with Crippen LogP contribution in [0.3, 0.4) is 0 Å². The van der Waals surface area contributed by atoms with Crippen LogP contribution in [0.1, 0.15) is 127 Å². The van der Waals surface area contributed by atoms with Gasteiger partial charge in [-0.3, -0.25) is 0 Å². The zero-order chi connectivity index (χ0) is 26.2. The molecule has 2 nitrogen and oxygen atoms in total. The first kappa shape index (κ1) is 28.2. The molecule has 2 aromatic rings. The molecule has 5 rings (SSSR count). The highest BCUT2D eigenvalue weighted by Gasteiger charge is 2.31. The van der Waals surface area contributed by atoms with Crippen LogP contribution in [-0.2, 0) is 11.2 Å². The zero-order valence-electron chi connectivity index (χ0n) is 24.2.